The molecular formula is C30H32F2N4O3. The van der Waals surface area contributed by atoms with Gasteiger partial charge in [0.15, 0.2) is 23.0 Å². The van der Waals surface area contributed by atoms with Gasteiger partial charge in [0.05, 0.1) is 19.3 Å². The van der Waals surface area contributed by atoms with E-state index in [-0.39, 0.29) is 36.0 Å². The highest BCUT2D eigenvalue weighted by Gasteiger charge is 2.47. The number of aromatic nitrogens is 3. The van der Waals surface area contributed by atoms with Gasteiger partial charge in [-0.2, -0.15) is 4.98 Å². The third-order valence-electron chi connectivity index (χ3n) is 7.18. The zero-order valence-electron chi connectivity index (χ0n) is 22.4. The third kappa shape index (κ3) is 5.09. The zero-order chi connectivity index (χ0) is 28.4. The van der Waals surface area contributed by atoms with Crippen LogP contribution < -0.4 is 15.2 Å². The quantitative estimate of drug-likeness (QED) is 0.240. The van der Waals surface area contributed by atoms with Crippen LogP contribution in [-0.4, -0.2) is 33.4 Å². The first-order valence-corrected chi connectivity index (χ1v) is 12.4. The molecule has 2 unspecified atom stereocenters. The number of nitrogens with zero attached hydrogens (tertiary/aromatic N) is 3. The van der Waals surface area contributed by atoms with Gasteiger partial charge in [-0.1, -0.05) is 36.4 Å². The Kier molecular flexibility index (Phi) is 7.74. The van der Waals surface area contributed by atoms with Gasteiger partial charge in [0.2, 0.25) is 5.95 Å². The number of methoxy groups -OCH3 is 1. The molecule has 2 aromatic carbocycles. The Morgan fingerprint density at radius 3 is 2.54 bits per heavy atom. The molecule has 9 heteroatoms. The highest BCUT2D eigenvalue weighted by atomic mass is 19.1. The summed E-state index contributed by atoms with van der Waals surface area (Å²) in [6.07, 6.45) is 5.57. The van der Waals surface area contributed by atoms with Crippen LogP contribution in [0.2, 0.25) is 0 Å². The fourth-order valence-corrected chi connectivity index (χ4v) is 5.01. The van der Waals surface area contributed by atoms with Crippen molar-refractivity contribution in [1.82, 2.24) is 14.6 Å². The fraction of sp³-hybridized carbons (Fsp3) is 0.267. The maximum absolute atomic E-state index is 15.9. The molecule has 2 atom stereocenters. The van der Waals surface area contributed by atoms with Gasteiger partial charge in [0.25, 0.3) is 0 Å². The van der Waals surface area contributed by atoms with Gasteiger partial charge in [0, 0.05) is 17.2 Å². The van der Waals surface area contributed by atoms with Crippen LogP contribution in [0.1, 0.15) is 32.8 Å². The maximum Gasteiger partial charge on any atom is 0.240 e. The highest BCUT2D eigenvalue weighted by molar-refractivity contribution is 5.71. The van der Waals surface area contributed by atoms with E-state index in [1.165, 1.54) is 23.8 Å². The Labute approximate surface area is 226 Å². The fourth-order valence-electron chi connectivity index (χ4n) is 5.01. The monoisotopic (exact) mass is 534 g/mol. The lowest BCUT2D eigenvalue weighted by molar-refractivity contribution is -0.0397. The number of ether oxygens (including phenoxy) is 2. The summed E-state index contributed by atoms with van der Waals surface area (Å²) in [5, 5.41) is 15.9. The van der Waals surface area contributed by atoms with Gasteiger partial charge in [-0.05, 0) is 74.7 Å². The molecule has 39 heavy (non-hydrogen) atoms. The molecule has 0 saturated carbocycles. The number of hydrogen-bond donors (Lipinski definition) is 2. The second kappa shape index (κ2) is 10.9. The first kappa shape index (κ1) is 27.8. The maximum atomic E-state index is 15.9. The van der Waals surface area contributed by atoms with Crippen LogP contribution in [0.25, 0.3) is 16.8 Å². The number of rotatable bonds is 10. The summed E-state index contributed by atoms with van der Waals surface area (Å²) in [7, 11) is 1.43. The van der Waals surface area contributed by atoms with Crippen molar-refractivity contribution < 1.29 is 23.4 Å². The number of halogens is 2. The third-order valence-corrected chi connectivity index (χ3v) is 7.18. The minimum atomic E-state index is -1.47. The molecule has 2 aromatic heterocycles. The largest absolute Gasteiger partial charge is 0.493 e. The predicted molar refractivity (Wildman–Crippen MR) is 147 cm³/mol. The molecule has 0 amide bonds. The minimum absolute atomic E-state index is 0.0189. The average molecular weight is 535 g/mol. The Balaban J connectivity index is 1.67. The van der Waals surface area contributed by atoms with Crippen molar-refractivity contribution in [2.24, 2.45) is 5.41 Å². The van der Waals surface area contributed by atoms with E-state index >= 15 is 4.39 Å². The van der Waals surface area contributed by atoms with Crippen molar-refractivity contribution in [2.75, 3.05) is 19.5 Å². The molecule has 0 fully saturated rings. The number of aliphatic hydroxyl groups is 1. The molecule has 0 radical (unpaired) electrons. The molecule has 0 saturated heterocycles. The molecule has 4 rings (SSSR count). The molecule has 0 aliphatic rings. The minimum Gasteiger partial charge on any atom is -0.493 e. The van der Waals surface area contributed by atoms with Crippen molar-refractivity contribution in [3.8, 4) is 22.6 Å². The van der Waals surface area contributed by atoms with E-state index in [2.05, 4.69) is 16.7 Å². The number of allylic oxidation sites excluding steroid dienone is 1. The lowest BCUT2D eigenvalue weighted by Gasteiger charge is -2.45. The summed E-state index contributed by atoms with van der Waals surface area (Å²) in [5.41, 5.74) is 5.71. The van der Waals surface area contributed by atoms with E-state index in [0.29, 0.717) is 22.3 Å². The summed E-state index contributed by atoms with van der Waals surface area (Å²) in [6.45, 7) is 9.48. The highest BCUT2D eigenvalue weighted by Crippen LogP contribution is 2.49. The first-order valence-electron chi connectivity index (χ1n) is 12.4. The van der Waals surface area contributed by atoms with Crippen LogP contribution >= 0.6 is 0 Å². The van der Waals surface area contributed by atoms with Gasteiger partial charge in [-0.25, -0.2) is 13.3 Å². The van der Waals surface area contributed by atoms with Crippen molar-refractivity contribution in [3.63, 3.8) is 0 Å². The van der Waals surface area contributed by atoms with Gasteiger partial charge in [-0.3, -0.25) is 0 Å². The van der Waals surface area contributed by atoms with E-state index in [1.807, 2.05) is 26.0 Å². The molecule has 0 bridgehead atoms. The standard InChI is InChI=1S/C30H32F2N4O3/c1-6-14-30(19(2)3,29(4,37)21-7-9-22(31)10-8-21)15-17-39-27-24(38-5)12-11-23(26(27)32)20-13-16-36-25(18-20)34-28(33)35-36/h6-14,16,18,37H,2,15,17H2,1,3-5H3,(H2,33,35)/b14-6+. The Morgan fingerprint density at radius 2 is 1.90 bits per heavy atom. The van der Waals surface area contributed by atoms with Gasteiger partial charge >= 0.3 is 0 Å². The number of anilines is 1. The smallest absolute Gasteiger partial charge is 0.240 e. The Bertz CT molecular complexity index is 1530. The van der Waals surface area contributed by atoms with Crippen LogP contribution in [0.4, 0.5) is 14.7 Å². The molecule has 2 heterocycles. The summed E-state index contributed by atoms with van der Waals surface area (Å²) in [4.78, 5) is 4.14. The number of pyridine rings is 1. The predicted octanol–water partition coefficient (Wildman–Crippen LogP) is 6.08. The second-order valence-electron chi connectivity index (χ2n) is 9.58. The van der Waals surface area contributed by atoms with Crippen molar-refractivity contribution >= 4 is 11.6 Å². The SMILES string of the molecule is C=C(C)C(/C=C/C)(CCOc1c(OC)ccc(-c2ccn3nc(N)nc3c2)c1F)C(C)(O)c1ccc(F)cc1. The first-order chi connectivity index (χ1) is 18.5. The van der Waals surface area contributed by atoms with Crippen molar-refractivity contribution in [2.45, 2.75) is 32.8 Å². The summed E-state index contributed by atoms with van der Waals surface area (Å²) < 4.78 is 42.4. The number of benzene rings is 2. The van der Waals surface area contributed by atoms with E-state index in [0.717, 1.165) is 0 Å². The van der Waals surface area contributed by atoms with Gasteiger partial charge < -0.3 is 20.3 Å². The number of hydrogen-bond acceptors (Lipinski definition) is 6. The summed E-state index contributed by atoms with van der Waals surface area (Å²) in [6, 6.07) is 12.3. The molecule has 0 aliphatic heterocycles. The van der Waals surface area contributed by atoms with Gasteiger partial charge in [0.1, 0.15) is 5.82 Å². The van der Waals surface area contributed by atoms with Crippen LogP contribution in [0, 0.1) is 17.0 Å². The van der Waals surface area contributed by atoms with E-state index in [9.17, 15) is 9.50 Å². The number of fused-ring (bicyclic) bond motifs is 1. The van der Waals surface area contributed by atoms with Crippen molar-refractivity contribution in [3.05, 3.63) is 96.2 Å². The molecule has 204 valence electrons. The number of nitrogen functional groups attached to an aromatic ring is 1. The number of nitrogens with two attached hydrogens (primary N) is 1. The van der Waals surface area contributed by atoms with Crippen LogP contribution in [0.3, 0.4) is 0 Å². The van der Waals surface area contributed by atoms with E-state index in [1.54, 1.807) is 49.5 Å². The van der Waals surface area contributed by atoms with Crippen LogP contribution in [0.5, 0.6) is 11.5 Å². The Hall–Kier alpha value is -4.24. The molecule has 0 aliphatic carbocycles. The van der Waals surface area contributed by atoms with Crippen LogP contribution in [-0.2, 0) is 5.60 Å². The summed E-state index contributed by atoms with van der Waals surface area (Å²) >= 11 is 0. The topological polar surface area (TPSA) is 94.9 Å². The molecule has 7 nitrogen and oxygen atoms in total. The van der Waals surface area contributed by atoms with E-state index < -0.39 is 22.7 Å². The average Bonchev–Trinajstić information content (AvgIpc) is 3.28. The molecular weight excluding hydrogens is 502 g/mol. The second-order valence-corrected chi connectivity index (χ2v) is 9.58. The van der Waals surface area contributed by atoms with E-state index in [4.69, 9.17) is 15.2 Å². The normalized spacial score (nSPS) is 14.7. The lowest BCUT2D eigenvalue weighted by atomic mass is 9.63. The molecule has 3 N–H and O–H groups in total. The Morgan fingerprint density at radius 1 is 1.18 bits per heavy atom. The van der Waals surface area contributed by atoms with Crippen LogP contribution in [0.15, 0.2) is 79.0 Å². The zero-order valence-corrected chi connectivity index (χ0v) is 22.4. The molecule has 4 aromatic rings. The lowest BCUT2D eigenvalue weighted by Crippen LogP contribution is -2.44. The summed E-state index contributed by atoms with van der Waals surface area (Å²) in [5.74, 6) is -0.734. The van der Waals surface area contributed by atoms with Crippen molar-refractivity contribution in [1.29, 1.82) is 0 Å². The molecule has 0 spiro atoms. The van der Waals surface area contributed by atoms with Gasteiger partial charge in [-0.15, -0.1) is 5.10 Å².